The summed E-state index contributed by atoms with van der Waals surface area (Å²) in [6.45, 7) is 16.8. The molecule has 0 saturated carbocycles. The van der Waals surface area contributed by atoms with Crippen LogP contribution in [0, 0.1) is 11.3 Å². The van der Waals surface area contributed by atoms with Crippen LogP contribution in [0.3, 0.4) is 0 Å². The van der Waals surface area contributed by atoms with E-state index in [1.165, 1.54) is 16.7 Å². The summed E-state index contributed by atoms with van der Waals surface area (Å²) in [5.41, 5.74) is 4.18. The van der Waals surface area contributed by atoms with Crippen molar-refractivity contribution in [3.05, 3.63) is 48.1 Å². The zero-order valence-corrected chi connectivity index (χ0v) is 10.4. The zero-order chi connectivity index (χ0) is 11.6. The molecule has 0 nitrogen and oxygen atoms in total. The molecule has 1 aliphatic carbocycles. The predicted octanol–water partition coefficient (Wildman–Crippen LogP) is 4.67. The van der Waals surface area contributed by atoms with Crippen LogP contribution in [0.1, 0.15) is 34.1 Å². The highest BCUT2D eigenvalue weighted by molar-refractivity contribution is 5.35. The summed E-state index contributed by atoms with van der Waals surface area (Å²) >= 11 is 0. The molecule has 0 aromatic rings. The first kappa shape index (κ1) is 12.0. The van der Waals surface area contributed by atoms with Gasteiger partial charge >= 0.3 is 0 Å². The Balaban J connectivity index is 3.15. The predicted molar refractivity (Wildman–Crippen MR) is 68.7 cm³/mol. The molecule has 82 valence electrons. The maximum Gasteiger partial charge on any atom is 0.0102 e. The van der Waals surface area contributed by atoms with Gasteiger partial charge in [0.15, 0.2) is 0 Å². The molecule has 0 radical (unpaired) electrons. The molecule has 0 aromatic carbocycles. The van der Waals surface area contributed by atoms with Crippen LogP contribution < -0.4 is 0 Å². The summed E-state index contributed by atoms with van der Waals surface area (Å²) in [5, 5.41) is 0. The summed E-state index contributed by atoms with van der Waals surface area (Å²) in [4.78, 5) is 0. The van der Waals surface area contributed by atoms with Crippen molar-refractivity contribution >= 4 is 0 Å². The highest BCUT2D eigenvalue weighted by atomic mass is 14.4. The fourth-order valence-corrected chi connectivity index (χ4v) is 2.19. The topological polar surface area (TPSA) is 0 Å². The molecule has 0 unspecified atom stereocenters. The van der Waals surface area contributed by atoms with Crippen molar-refractivity contribution < 1.29 is 0 Å². The molecule has 0 aromatic heterocycles. The SMILES string of the molecule is C=C[C@]1(C)C=CC(=C(C)C)C[C@H]1C(=C)C. The molecule has 0 amide bonds. The van der Waals surface area contributed by atoms with Gasteiger partial charge in [0, 0.05) is 5.41 Å². The van der Waals surface area contributed by atoms with Gasteiger partial charge in [-0.15, -0.1) is 6.58 Å². The van der Waals surface area contributed by atoms with E-state index in [9.17, 15) is 0 Å². The lowest BCUT2D eigenvalue weighted by Gasteiger charge is -2.37. The molecular formula is C15H22. The summed E-state index contributed by atoms with van der Waals surface area (Å²) in [5.74, 6) is 0.491. The molecule has 0 saturated heterocycles. The fraction of sp³-hybridized carbons (Fsp3) is 0.467. The molecule has 0 bridgehead atoms. The molecule has 1 aliphatic rings. The van der Waals surface area contributed by atoms with E-state index >= 15 is 0 Å². The minimum Gasteiger partial charge on any atom is -0.102 e. The lowest BCUT2D eigenvalue weighted by molar-refractivity contribution is 0.363. The Morgan fingerprint density at radius 3 is 2.47 bits per heavy atom. The number of rotatable bonds is 2. The summed E-state index contributed by atoms with van der Waals surface area (Å²) in [6, 6.07) is 0. The van der Waals surface area contributed by atoms with Gasteiger partial charge < -0.3 is 0 Å². The Labute approximate surface area is 94.1 Å². The molecule has 2 atom stereocenters. The number of allylic oxidation sites excluding steroid dienone is 6. The van der Waals surface area contributed by atoms with Gasteiger partial charge in [-0.3, -0.25) is 0 Å². The lowest BCUT2D eigenvalue weighted by Crippen LogP contribution is -2.27. The monoisotopic (exact) mass is 202 g/mol. The highest BCUT2D eigenvalue weighted by Gasteiger charge is 2.32. The van der Waals surface area contributed by atoms with E-state index in [4.69, 9.17) is 0 Å². The summed E-state index contributed by atoms with van der Waals surface area (Å²) < 4.78 is 0. The smallest absolute Gasteiger partial charge is 0.0102 e. The summed E-state index contributed by atoms with van der Waals surface area (Å²) in [7, 11) is 0. The summed E-state index contributed by atoms with van der Waals surface area (Å²) in [6.07, 6.45) is 7.66. The Bertz CT molecular complexity index is 337. The van der Waals surface area contributed by atoms with Crippen LogP contribution in [0.25, 0.3) is 0 Å². The minimum atomic E-state index is 0.0742. The van der Waals surface area contributed by atoms with Crippen molar-refractivity contribution in [3.63, 3.8) is 0 Å². The Hall–Kier alpha value is -1.04. The van der Waals surface area contributed by atoms with Crippen LogP contribution in [0.5, 0.6) is 0 Å². The van der Waals surface area contributed by atoms with Gasteiger partial charge in [-0.25, -0.2) is 0 Å². The van der Waals surface area contributed by atoms with Crippen molar-refractivity contribution in [1.29, 1.82) is 0 Å². The Kier molecular flexibility index (Phi) is 3.38. The van der Waals surface area contributed by atoms with Crippen LogP contribution in [0.2, 0.25) is 0 Å². The Morgan fingerprint density at radius 1 is 1.47 bits per heavy atom. The average Bonchev–Trinajstić information content (AvgIpc) is 2.17. The highest BCUT2D eigenvalue weighted by Crippen LogP contribution is 2.43. The third-order valence-electron chi connectivity index (χ3n) is 3.50. The lowest BCUT2D eigenvalue weighted by atomic mass is 9.67. The molecule has 0 fully saturated rings. The first-order valence-corrected chi connectivity index (χ1v) is 5.55. The molecule has 15 heavy (non-hydrogen) atoms. The van der Waals surface area contributed by atoms with E-state index in [1.54, 1.807) is 0 Å². The quantitative estimate of drug-likeness (QED) is 0.571. The van der Waals surface area contributed by atoms with E-state index in [1.807, 2.05) is 6.08 Å². The number of hydrogen-bond acceptors (Lipinski definition) is 0. The molecule has 0 heterocycles. The third kappa shape index (κ3) is 2.31. The standard InChI is InChI=1S/C15H22/c1-7-15(6)9-8-13(11(2)3)10-14(15)12(4)5/h7-9,14H,1,4,10H2,2-3,5-6H3/t14-,15+/m0/s1. The fourth-order valence-electron chi connectivity index (χ4n) is 2.19. The van der Waals surface area contributed by atoms with Crippen molar-refractivity contribution in [2.24, 2.45) is 11.3 Å². The molecular weight excluding hydrogens is 180 g/mol. The number of hydrogen-bond donors (Lipinski definition) is 0. The van der Waals surface area contributed by atoms with Crippen LogP contribution >= 0.6 is 0 Å². The van der Waals surface area contributed by atoms with E-state index < -0.39 is 0 Å². The first-order chi connectivity index (χ1) is 6.90. The first-order valence-electron chi connectivity index (χ1n) is 5.55. The molecule has 0 heteroatoms. The minimum absolute atomic E-state index is 0.0742. The van der Waals surface area contributed by atoms with Gasteiger partial charge in [0.25, 0.3) is 0 Å². The normalized spacial score (nSPS) is 30.1. The van der Waals surface area contributed by atoms with E-state index in [0.29, 0.717) is 5.92 Å². The van der Waals surface area contributed by atoms with Crippen LogP contribution in [0.4, 0.5) is 0 Å². The average molecular weight is 202 g/mol. The molecule has 0 N–H and O–H groups in total. The largest absolute Gasteiger partial charge is 0.102 e. The van der Waals surface area contributed by atoms with E-state index in [-0.39, 0.29) is 5.41 Å². The molecule has 0 spiro atoms. The van der Waals surface area contributed by atoms with Gasteiger partial charge in [0.05, 0.1) is 0 Å². The van der Waals surface area contributed by atoms with Gasteiger partial charge in [-0.2, -0.15) is 0 Å². The molecule has 1 rings (SSSR count). The van der Waals surface area contributed by atoms with E-state index in [2.05, 4.69) is 53.0 Å². The van der Waals surface area contributed by atoms with Crippen LogP contribution in [0.15, 0.2) is 48.1 Å². The van der Waals surface area contributed by atoms with Crippen molar-refractivity contribution in [2.45, 2.75) is 34.1 Å². The van der Waals surface area contributed by atoms with Gasteiger partial charge in [-0.1, -0.05) is 42.9 Å². The van der Waals surface area contributed by atoms with Crippen molar-refractivity contribution in [2.75, 3.05) is 0 Å². The van der Waals surface area contributed by atoms with Crippen molar-refractivity contribution in [3.8, 4) is 0 Å². The zero-order valence-electron chi connectivity index (χ0n) is 10.4. The third-order valence-corrected chi connectivity index (χ3v) is 3.50. The Morgan fingerprint density at radius 2 is 2.07 bits per heavy atom. The van der Waals surface area contributed by atoms with Gasteiger partial charge in [0.1, 0.15) is 0 Å². The maximum atomic E-state index is 4.11. The van der Waals surface area contributed by atoms with Crippen LogP contribution in [-0.2, 0) is 0 Å². The second-order valence-corrected chi connectivity index (χ2v) is 5.03. The maximum absolute atomic E-state index is 4.11. The molecule has 0 aliphatic heterocycles. The van der Waals surface area contributed by atoms with E-state index in [0.717, 1.165) is 6.42 Å². The second-order valence-electron chi connectivity index (χ2n) is 5.03. The van der Waals surface area contributed by atoms with Gasteiger partial charge in [0.2, 0.25) is 0 Å². The van der Waals surface area contributed by atoms with Gasteiger partial charge in [-0.05, 0) is 38.7 Å². The van der Waals surface area contributed by atoms with Crippen LogP contribution in [-0.4, -0.2) is 0 Å². The second kappa shape index (κ2) is 4.22. The van der Waals surface area contributed by atoms with Crippen molar-refractivity contribution in [1.82, 2.24) is 0 Å².